The minimum Gasteiger partial charge on any atom is -0.488 e. The molecule has 2 nitrogen and oxygen atoms in total. The van der Waals surface area contributed by atoms with Crippen molar-refractivity contribution >= 4 is 0 Å². The summed E-state index contributed by atoms with van der Waals surface area (Å²) in [5, 5.41) is 3.46. The van der Waals surface area contributed by atoms with E-state index in [1.54, 1.807) is 0 Å². The number of hydrogen-bond donors (Lipinski definition) is 1. The van der Waals surface area contributed by atoms with E-state index in [0.717, 1.165) is 11.7 Å². The zero-order valence-corrected chi connectivity index (χ0v) is 14.3. The van der Waals surface area contributed by atoms with Crippen LogP contribution < -0.4 is 10.1 Å². The van der Waals surface area contributed by atoms with Gasteiger partial charge in [0.2, 0.25) is 0 Å². The van der Waals surface area contributed by atoms with Gasteiger partial charge in [0.25, 0.3) is 0 Å². The van der Waals surface area contributed by atoms with Crippen LogP contribution in [0.2, 0.25) is 0 Å². The lowest BCUT2D eigenvalue weighted by Crippen LogP contribution is -2.45. The number of likely N-dealkylation sites (N-methyl/N-ethyl adjacent to an activating group) is 1. The SMILES string of the molecule is CCC1CCC(NC)C(Oc2cc(C)ccc2C(C)C)C1. The third kappa shape index (κ3) is 4.00. The Morgan fingerprint density at radius 1 is 1.29 bits per heavy atom. The van der Waals surface area contributed by atoms with Gasteiger partial charge in [-0.15, -0.1) is 0 Å². The van der Waals surface area contributed by atoms with Gasteiger partial charge in [0, 0.05) is 6.04 Å². The van der Waals surface area contributed by atoms with Crippen LogP contribution in [0.25, 0.3) is 0 Å². The lowest BCUT2D eigenvalue weighted by molar-refractivity contribution is 0.0871. The van der Waals surface area contributed by atoms with Crippen molar-refractivity contribution in [1.29, 1.82) is 0 Å². The average Bonchev–Trinajstić information content (AvgIpc) is 2.47. The van der Waals surface area contributed by atoms with Gasteiger partial charge in [-0.05, 0) is 62.3 Å². The van der Waals surface area contributed by atoms with E-state index in [1.807, 2.05) is 0 Å². The summed E-state index contributed by atoms with van der Waals surface area (Å²) in [7, 11) is 2.06. The Bertz CT molecular complexity index is 455. The molecule has 1 aromatic rings. The minimum atomic E-state index is 0.299. The molecule has 21 heavy (non-hydrogen) atoms. The van der Waals surface area contributed by atoms with Crippen molar-refractivity contribution < 1.29 is 4.74 Å². The molecule has 0 amide bonds. The van der Waals surface area contributed by atoms with Gasteiger partial charge in [-0.3, -0.25) is 0 Å². The van der Waals surface area contributed by atoms with Crippen LogP contribution in [-0.2, 0) is 0 Å². The molecule has 1 aliphatic carbocycles. The fourth-order valence-corrected chi connectivity index (χ4v) is 3.43. The maximum atomic E-state index is 6.50. The van der Waals surface area contributed by atoms with Crippen LogP contribution >= 0.6 is 0 Å². The number of nitrogens with one attached hydrogen (secondary N) is 1. The Labute approximate surface area is 130 Å². The molecule has 3 atom stereocenters. The second kappa shape index (κ2) is 7.31. The van der Waals surface area contributed by atoms with Gasteiger partial charge >= 0.3 is 0 Å². The number of aryl methyl sites for hydroxylation is 1. The maximum absolute atomic E-state index is 6.50. The standard InChI is InChI=1S/C19H31NO/c1-6-15-8-10-17(20-5)19(12-15)21-18-11-14(4)7-9-16(18)13(2)3/h7,9,11,13,15,17,19-20H,6,8,10,12H2,1-5H3. The lowest BCUT2D eigenvalue weighted by Gasteiger charge is -2.36. The second-order valence-electron chi connectivity index (χ2n) is 6.83. The molecule has 0 aromatic heterocycles. The summed E-state index contributed by atoms with van der Waals surface area (Å²) in [6, 6.07) is 7.10. The number of hydrogen-bond acceptors (Lipinski definition) is 2. The Balaban J connectivity index is 2.20. The van der Waals surface area contributed by atoms with Gasteiger partial charge in [-0.1, -0.05) is 39.3 Å². The van der Waals surface area contributed by atoms with E-state index in [9.17, 15) is 0 Å². The normalized spacial score (nSPS) is 26.1. The van der Waals surface area contributed by atoms with Crippen LogP contribution in [-0.4, -0.2) is 19.2 Å². The molecule has 1 N–H and O–H groups in total. The van der Waals surface area contributed by atoms with E-state index >= 15 is 0 Å². The van der Waals surface area contributed by atoms with Crippen LogP contribution in [0, 0.1) is 12.8 Å². The molecule has 118 valence electrons. The summed E-state index contributed by atoms with van der Waals surface area (Å²) in [6.07, 6.45) is 5.29. The van der Waals surface area contributed by atoms with E-state index in [-0.39, 0.29) is 0 Å². The van der Waals surface area contributed by atoms with Gasteiger partial charge in [-0.25, -0.2) is 0 Å². The molecular formula is C19H31NO. The highest BCUT2D eigenvalue weighted by atomic mass is 16.5. The van der Waals surface area contributed by atoms with E-state index in [0.29, 0.717) is 18.1 Å². The minimum absolute atomic E-state index is 0.299. The molecule has 1 fully saturated rings. The number of benzene rings is 1. The monoisotopic (exact) mass is 289 g/mol. The Morgan fingerprint density at radius 3 is 2.67 bits per heavy atom. The van der Waals surface area contributed by atoms with Crippen molar-refractivity contribution in [3.8, 4) is 5.75 Å². The predicted octanol–water partition coefficient (Wildman–Crippen LogP) is 4.66. The summed E-state index contributed by atoms with van der Waals surface area (Å²) < 4.78 is 6.50. The van der Waals surface area contributed by atoms with Crippen LogP contribution in [0.15, 0.2) is 18.2 Å². The first-order valence-corrected chi connectivity index (χ1v) is 8.49. The third-order valence-corrected chi connectivity index (χ3v) is 4.92. The molecule has 2 heteroatoms. The molecule has 0 spiro atoms. The largest absolute Gasteiger partial charge is 0.488 e. The third-order valence-electron chi connectivity index (χ3n) is 4.92. The van der Waals surface area contributed by atoms with Gasteiger partial charge < -0.3 is 10.1 Å². The fraction of sp³-hybridized carbons (Fsp3) is 0.684. The molecular weight excluding hydrogens is 258 g/mol. The molecule has 1 aliphatic rings. The highest BCUT2D eigenvalue weighted by Crippen LogP contribution is 2.33. The number of rotatable bonds is 5. The fourth-order valence-electron chi connectivity index (χ4n) is 3.43. The van der Waals surface area contributed by atoms with Crippen molar-refractivity contribution in [2.75, 3.05) is 7.05 Å². The average molecular weight is 289 g/mol. The van der Waals surface area contributed by atoms with Crippen molar-refractivity contribution in [3.05, 3.63) is 29.3 Å². The highest BCUT2D eigenvalue weighted by Gasteiger charge is 2.30. The Morgan fingerprint density at radius 2 is 2.05 bits per heavy atom. The highest BCUT2D eigenvalue weighted by molar-refractivity contribution is 5.39. The van der Waals surface area contributed by atoms with Crippen molar-refractivity contribution in [1.82, 2.24) is 5.32 Å². The molecule has 0 heterocycles. The molecule has 1 aromatic carbocycles. The van der Waals surface area contributed by atoms with Gasteiger partial charge in [0.1, 0.15) is 11.9 Å². The van der Waals surface area contributed by atoms with Gasteiger partial charge in [-0.2, -0.15) is 0 Å². The van der Waals surface area contributed by atoms with E-state index in [1.165, 1.54) is 36.8 Å². The molecule has 0 saturated heterocycles. The Kier molecular flexibility index (Phi) is 5.69. The van der Waals surface area contributed by atoms with Crippen LogP contribution in [0.1, 0.15) is 63.5 Å². The second-order valence-corrected chi connectivity index (χ2v) is 6.83. The molecule has 2 rings (SSSR count). The Hall–Kier alpha value is -1.02. The van der Waals surface area contributed by atoms with E-state index < -0.39 is 0 Å². The summed E-state index contributed by atoms with van der Waals surface area (Å²) in [5.74, 6) is 2.40. The molecule has 0 radical (unpaired) electrons. The van der Waals surface area contributed by atoms with Crippen LogP contribution in [0.5, 0.6) is 5.75 Å². The molecule has 0 aliphatic heterocycles. The lowest BCUT2D eigenvalue weighted by atomic mass is 9.82. The quantitative estimate of drug-likeness (QED) is 0.851. The summed E-state index contributed by atoms with van der Waals surface area (Å²) in [4.78, 5) is 0. The van der Waals surface area contributed by atoms with Crippen molar-refractivity contribution in [3.63, 3.8) is 0 Å². The summed E-state index contributed by atoms with van der Waals surface area (Å²) in [6.45, 7) is 8.92. The molecule has 0 bridgehead atoms. The van der Waals surface area contributed by atoms with Gasteiger partial charge in [0.05, 0.1) is 0 Å². The zero-order chi connectivity index (χ0) is 15.4. The zero-order valence-electron chi connectivity index (χ0n) is 14.3. The summed E-state index contributed by atoms with van der Waals surface area (Å²) >= 11 is 0. The number of ether oxygens (including phenoxy) is 1. The van der Waals surface area contributed by atoms with Crippen LogP contribution in [0.4, 0.5) is 0 Å². The van der Waals surface area contributed by atoms with Gasteiger partial charge in [0.15, 0.2) is 0 Å². The maximum Gasteiger partial charge on any atom is 0.123 e. The first-order valence-electron chi connectivity index (χ1n) is 8.49. The molecule has 1 saturated carbocycles. The summed E-state index contributed by atoms with van der Waals surface area (Å²) in [5.41, 5.74) is 2.60. The predicted molar refractivity (Wildman–Crippen MR) is 90.2 cm³/mol. The molecule has 3 unspecified atom stereocenters. The van der Waals surface area contributed by atoms with Crippen molar-refractivity contribution in [2.45, 2.75) is 71.4 Å². The van der Waals surface area contributed by atoms with Crippen molar-refractivity contribution in [2.24, 2.45) is 5.92 Å². The van der Waals surface area contributed by atoms with E-state index in [4.69, 9.17) is 4.74 Å². The van der Waals surface area contributed by atoms with E-state index in [2.05, 4.69) is 58.3 Å². The smallest absolute Gasteiger partial charge is 0.123 e. The van der Waals surface area contributed by atoms with Crippen LogP contribution in [0.3, 0.4) is 0 Å². The first-order chi connectivity index (χ1) is 10.0. The first kappa shape index (κ1) is 16.4. The topological polar surface area (TPSA) is 21.3 Å².